The van der Waals surface area contributed by atoms with Gasteiger partial charge in [0.15, 0.2) is 0 Å². The van der Waals surface area contributed by atoms with Crippen molar-refractivity contribution in [3.8, 4) is 34.5 Å². The average molecular weight is 1720 g/mol. The first-order chi connectivity index (χ1) is 55.5. The van der Waals surface area contributed by atoms with E-state index in [0.29, 0.717) is 78.8 Å². The molecule has 0 amide bonds. The van der Waals surface area contributed by atoms with E-state index in [0.717, 1.165) is 114 Å². The molecule has 0 radical (unpaired) electrons. The number of allylic oxidation sites excluding steroid dienone is 6. The lowest BCUT2D eigenvalue weighted by Crippen LogP contribution is -2.22. The minimum absolute atomic E-state index is 0.0235. The van der Waals surface area contributed by atoms with Gasteiger partial charge in [-0.05, 0) is 191 Å². The summed E-state index contributed by atoms with van der Waals surface area (Å²) < 4.78 is 0. The number of rotatable bonds is 26. The number of hydrogen-bond donors (Lipinski definition) is 6. The van der Waals surface area contributed by atoms with E-state index >= 15 is 0 Å². The van der Waals surface area contributed by atoms with E-state index in [-0.39, 0.29) is 32.5 Å². The Morgan fingerprint density at radius 3 is 0.610 bits per heavy atom. The van der Waals surface area contributed by atoms with Crippen LogP contribution in [0.2, 0.25) is 0 Å². The van der Waals surface area contributed by atoms with Gasteiger partial charge in [0, 0.05) is 99.4 Å². The first kappa shape index (κ1) is 100. The monoisotopic (exact) mass is 1720 g/mol. The van der Waals surface area contributed by atoms with Crippen LogP contribution < -0.4 is 0 Å². The van der Waals surface area contributed by atoms with Crippen molar-refractivity contribution in [2.45, 2.75) is 392 Å². The van der Waals surface area contributed by atoms with Crippen molar-refractivity contribution in [1.29, 1.82) is 0 Å². The zero-order valence-corrected chi connectivity index (χ0v) is 82.1. The van der Waals surface area contributed by atoms with Gasteiger partial charge in [-0.15, -0.1) is 13.2 Å². The van der Waals surface area contributed by atoms with Crippen LogP contribution in [0.15, 0.2) is 122 Å². The molecule has 6 N–H and O–H groups in total. The molecule has 0 aliphatic heterocycles. The molecule has 0 aromatic heterocycles. The second-order valence-electron chi connectivity index (χ2n) is 40.3. The highest BCUT2D eigenvalue weighted by atomic mass is 32.2. The Labute approximate surface area is 744 Å². The normalized spacial score (nSPS) is 19.1. The molecule has 0 spiro atoms. The summed E-state index contributed by atoms with van der Waals surface area (Å²) in [4.78, 5) is 0. The van der Waals surface area contributed by atoms with E-state index in [4.69, 9.17) is 0 Å². The van der Waals surface area contributed by atoms with Gasteiger partial charge in [-0.2, -0.15) is 70.6 Å². The van der Waals surface area contributed by atoms with E-state index in [9.17, 15) is 30.6 Å². The van der Waals surface area contributed by atoms with Gasteiger partial charge in [0.25, 0.3) is 0 Å². The van der Waals surface area contributed by atoms with Gasteiger partial charge in [0.05, 0.1) is 0 Å². The molecule has 6 unspecified atom stereocenters. The van der Waals surface area contributed by atoms with Crippen LogP contribution in [-0.4, -0.2) is 62.1 Å². The first-order valence-electron chi connectivity index (χ1n) is 44.7. The standard InChI is InChI=1S/C38H56O2S2.C36H52O2S2.C32H48O2S2/c1-9-11-17-27-21-31(37(3,4)5)23-29(35(27)39)25-41-33-19-15-13-14-16-20-34(33)42-26-30-24-32(38(6,7)8)22-28(36(30)40)18-12-10-2;1-9-15-25-19-29(35(3,4)5)21-27(33(25)37)23-39-31-17-13-11-12-14-18-32(31)40-24-28-22-30(36(6,7)8)20-26(16-10-2)34(28)38;1-21-15-25(31(3,4)5)17-23(29(21)33)19-35-27-13-11-9-10-12-14-28(27)36-20-24-18-26(32(6,7)8)16-22(2)30(24)34/h9-12,21-24,33-34,39-40H,13-20,25-26H2,1-8H3;9-10,19-22,31-32,37-38H,1-2,11-18,23-24H2,3-8H3;15-18,27-28,33-34H,9-14,19-20H2,1-8H3/b11-9-,12-10-;;. The molecule has 118 heavy (non-hydrogen) atoms. The quantitative estimate of drug-likeness (QED) is 0.0290. The van der Waals surface area contributed by atoms with E-state index in [2.05, 4.69) is 235 Å². The van der Waals surface area contributed by atoms with Crippen LogP contribution in [0.25, 0.3) is 0 Å². The SMILES string of the molecule is C/C=C\Cc1cc(C(C)(C)C)cc(CSC2CCCCCCC2SCc2cc(C(C)(C)C)cc(C/C=C\C)c2O)c1O.C=CCc1cc(C(C)(C)C)cc(CSC2CCCCCCC2SCc2cc(C(C)(C)C)cc(CC=C)c2O)c1O.Cc1cc(C(C)(C)C)cc(CSC2CCCCCCC2SCc2cc(C(C)(C)C)cc(C)c2O)c1O. The summed E-state index contributed by atoms with van der Waals surface area (Å²) in [6.45, 7) is 56.3. The molecular weight excluding hydrogens is 1560 g/mol. The number of hydrogen-bond acceptors (Lipinski definition) is 12. The highest BCUT2D eigenvalue weighted by molar-refractivity contribution is 8.04. The lowest BCUT2D eigenvalue weighted by molar-refractivity contribution is 0.462. The second-order valence-corrected chi connectivity index (χ2v) is 47.6. The fourth-order valence-electron chi connectivity index (χ4n) is 16.0. The molecule has 3 fully saturated rings. The molecule has 0 heterocycles. The number of aryl methyl sites for hydroxylation is 2. The summed E-state index contributed by atoms with van der Waals surface area (Å²) in [5, 5.41) is 69.7. The summed E-state index contributed by atoms with van der Waals surface area (Å²) in [5.74, 6) is 7.74. The molecule has 0 saturated heterocycles. The maximum absolute atomic E-state index is 11.3. The van der Waals surface area contributed by atoms with Crippen LogP contribution >= 0.6 is 70.6 Å². The van der Waals surface area contributed by atoms with Crippen LogP contribution in [0.4, 0.5) is 0 Å². The third-order valence-electron chi connectivity index (χ3n) is 24.0. The number of phenols is 6. The van der Waals surface area contributed by atoms with Crippen LogP contribution in [0.5, 0.6) is 34.5 Å². The first-order valence-corrected chi connectivity index (χ1v) is 51.0. The van der Waals surface area contributed by atoms with Gasteiger partial charge >= 0.3 is 0 Å². The van der Waals surface area contributed by atoms with Gasteiger partial charge in [-0.25, -0.2) is 0 Å². The van der Waals surface area contributed by atoms with Gasteiger partial charge < -0.3 is 30.6 Å². The molecule has 6 atom stereocenters. The highest BCUT2D eigenvalue weighted by Crippen LogP contribution is 2.48. The Morgan fingerprint density at radius 2 is 0.432 bits per heavy atom. The van der Waals surface area contributed by atoms with Crippen LogP contribution in [-0.2, 0) is 92.7 Å². The van der Waals surface area contributed by atoms with Crippen LogP contribution in [0, 0.1) is 13.8 Å². The smallest absolute Gasteiger partial charge is 0.123 e. The Morgan fingerprint density at radius 1 is 0.263 bits per heavy atom. The molecule has 3 saturated carbocycles. The molecule has 12 heteroatoms. The van der Waals surface area contributed by atoms with Crippen molar-refractivity contribution in [2.75, 3.05) is 0 Å². The van der Waals surface area contributed by atoms with Crippen molar-refractivity contribution >= 4 is 70.6 Å². The summed E-state index contributed by atoms with van der Waals surface area (Å²) in [7, 11) is 0. The predicted molar refractivity (Wildman–Crippen MR) is 529 cm³/mol. The number of aromatic hydroxyl groups is 6. The fraction of sp³-hybridized carbons (Fsp3) is 0.585. The Hall–Kier alpha value is -4.82. The molecule has 6 aromatic carbocycles. The van der Waals surface area contributed by atoms with Crippen molar-refractivity contribution in [3.63, 3.8) is 0 Å². The van der Waals surface area contributed by atoms with Crippen molar-refractivity contribution in [2.24, 2.45) is 0 Å². The van der Waals surface area contributed by atoms with E-state index < -0.39 is 0 Å². The molecule has 6 nitrogen and oxygen atoms in total. The fourth-order valence-corrected chi connectivity index (χ4v) is 25.2. The molecule has 0 bridgehead atoms. The summed E-state index contributed by atoms with van der Waals surface area (Å²) in [6.07, 6.45) is 37.9. The number of phenolic OH excluding ortho intramolecular Hbond substituents is 6. The molecule has 6 aromatic rings. The summed E-state index contributed by atoms with van der Waals surface area (Å²) in [5.41, 5.74) is 20.3. The average Bonchev–Trinajstić information content (AvgIpc) is 0.821. The lowest BCUT2D eigenvalue weighted by Gasteiger charge is -2.30. The Bertz CT molecular complexity index is 3980. The largest absolute Gasteiger partial charge is 0.507 e. The molecule has 652 valence electrons. The third kappa shape index (κ3) is 30.6. The van der Waals surface area contributed by atoms with Gasteiger partial charge in [0.2, 0.25) is 0 Å². The van der Waals surface area contributed by atoms with Crippen LogP contribution in [0.3, 0.4) is 0 Å². The Balaban J connectivity index is 0.000000245. The van der Waals surface area contributed by atoms with Crippen LogP contribution in [0.1, 0.15) is 354 Å². The maximum Gasteiger partial charge on any atom is 0.123 e. The van der Waals surface area contributed by atoms with Crippen molar-refractivity contribution < 1.29 is 30.6 Å². The molecule has 3 aliphatic carbocycles. The summed E-state index contributed by atoms with van der Waals surface area (Å²) >= 11 is 12.2. The zero-order chi connectivity index (χ0) is 87.1. The predicted octanol–water partition coefficient (Wildman–Crippen LogP) is 31.2. The topological polar surface area (TPSA) is 121 Å². The second kappa shape index (κ2) is 46.2. The maximum atomic E-state index is 11.3. The van der Waals surface area contributed by atoms with E-state index in [1.165, 1.54) is 149 Å². The number of benzene rings is 6. The number of thioether (sulfide) groups is 6. The van der Waals surface area contributed by atoms with E-state index in [1.807, 2.05) is 110 Å². The molecule has 3 aliphatic rings. The molecular formula is C106H156O6S6. The van der Waals surface area contributed by atoms with E-state index in [1.54, 1.807) is 0 Å². The highest BCUT2D eigenvalue weighted by Gasteiger charge is 2.32. The zero-order valence-electron chi connectivity index (χ0n) is 77.2. The minimum Gasteiger partial charge on any atom is -0.507 e. The van der Waals surface area contributed by atoms with Gasteiger partial charge in [-0.3, -0.25) is 0 Å². The molecule has 9 rings (SSSR count). The third-order valence-corrected chi connectivity index (χ3v) is 33.4. The lowest BCUT2D eigenvalue weighted by atomic mass is 9.84. The van der Waals surface area contributed by atoms with Crippen molar-refractivity contribution in [1.82, 2.24) is 0 Å². The van der Waals surface area contributed by atoms with Crippen molar-refractivity contribution in [3.05, 3.63) is 223 Å². The van der Waals surface area contributed by atoms with Gasteiger partial charge in [0.1, 0.15) is 34.5 Å². The van der Waals surface area contributed by atoms with Gasteiger partial charge in [-0.1, -0.05) is 311 Å². The minimum atomic E-state index is 0.0235. The Kier molecular flexibility index (Phi) is 39.3. The summed E-state index contributed by atoms with van der Waals surface area (Å²) in [6, 6.07) is 26.3.